The Morgan fingerprint density at radius 3 is 2.56 bits per heavy atom. The second-order valence-electron chi connectivity index (χ2n) is 3.43. The van der Waals surface area contributed by atoms with Crippen LogP contribution in [0, 0.1) is 0 Å². The third-order valence-corrected chi connectivity index (χ3v) is 2.10. The van der Waals surface area contributed by atoms with Gasteiger partial charge >= 0.3 is 0 Å². The highest BCUT2D eigenvalue weighted by atomic mass is 16.5. The van der Waals surface area contributed by atoms with Crippen molar-refractivity contribution in [2.24, 2.45) is 0 Å². The van der Waals surface area contributed by atoms with Crippen LogP contribution in [0.25, 0.3) is 0 Å². The Bertz CT molecular complexity index is 337. The van der Waals surface area contributed by atoms with Gasteiger partial charge in [-0.3, -0.25) is 4.79 Å². The predicted molar refractivity (Wildman–Crippen MR) is 69.5 cm³/mol. The molecule has 0 heterocycles. The molecular formula is C13H21NO4. The van der Waals surface area contributed by atoms with E-state index in [0.29, 0.717) is 18.9 Å². The van der Waals surface area contributed by atoms with Gasteiger partial charge in [0.05, 0.1) is 13.2 Å². The molecule has 1 aromatic carbocycles. The van der Waals surface area contributed by atoms with Crippen LogP contribution in [0.2, 0.25) is 0 Å². The van der Waals surface area contributed by atoms with E-state index in [9.17, 15) is 4.79 Å². The van der Waals surface area contributed by atoms with E-state index in [4.69, 9.17) is 14.6 Å². The van der Waals surface area contributed by atoms with Gasteiger partial charge in [-0.1, -0.05) is 19.6 Å². The zero-order chi connectivity index (χ0) is 12.5. The van der Waals surface area contributed by atoms with Gasteiger partial charge in [0.1, 0.15) is 5.75 Å². The molecule has 18 heavy (non-hydrogen) atoms. The van der Waals surface area contributed by atoms with Crippen molar-refractivity contribution < 1.29 is 19.4 Å². The first-order valence-electron chi connectivity index (χ1n) is 5.34. The summed E-state index contributed by atoms with van der Waals surface area (Å²) in [7, 11) is 1.57. The number of amides is 1. The van der Waals surface area contributed by atoms with Crippen LogP contribution in [-0.2, 0) is 16.1 Å². The van der Waals surface area contributed by atoms with E-state index in [1.165, 1.54) is 0 Å². The van der Waals surface area contributed by atoms with E-state index in [0.717, 1.165) is 5.56 Å². The first-order valence-corrected chi connectivity index (χ1v) is 5.34. The van der Waals surface area contributed by atoms with Crippen molar-refractivity contribution in [2.75, 3.05) is 26.9 Å². The van der Waals surface area contributed by atoms with Gasteiger partial charge in [-0.15, -0.1) is 0 Å². The van der Waals surface area contributed by atoms with Crippen LogP contribution in [0.1, 0.15) is 13.0 Å². The summed E-state index contributed by atoms with van der Waals surface area (Å²) in [5.74, 6) is 0.414. The second kappa shape index (κ2) is 9.44. The molecule has 0 bridgehead atoms. The van der Waals surface area contributed by atoms with Crippen molar-refractivity contribution in [1.29, 1.82) is 0 Å². The molecule has 0 spiro atoms. The predicted octanol–water partition coefficient (Wildman–Crippen LogP) is 0.956. The highest BCUT2D eigenvalue weighted by Crippen LogP contribution is 2.11. The minimum Gasteiger partial charge on any atom is -0.484 e. The number of aliphatic hydroxyl groups excluding tert-OH is 1. The summed E-state index contributed by atoms with van der Waals surface area (Å²) >= 11 is 0. The van der Waals surface area contributed by atoms with Gasteiger partial charge in [0.25, 0.3) is 5.91 Å². The first kappa shape index (κ1) is 16.4. The lowest BCUT2D eigenvalue weighted by Gasteiger charge is -2.07. The summed E-state index contributed by atoms with van der Waals surface area (Å²) in [5.41, 5.74) is 0.807. The van der Waals surface area contributed by atoms with E-state index in [-0.39, 0.29) is 26.5 Å². The largest absolute Gasteiger partial charge is 0.484 e. The molecule has 0 saturated heterocycles. The molecular weight excluding hydrogens is 234 g/mol. The number of carbonyl (C=O) groups excluding carboxylic acids is 1. The van der Waals surface area contributed by atoms with Crippen molar-refractivity contribution in [3.8, 4) is 5.75 Å². The SMILES string of the molecule is C.COCCNC(=O)COc1ccc(CO)cc1. The number of rotatable bonds is 7. The van der Waals surface area contributed by atoms with Crippen LogP contribution in [0.4, 0.5) is 0 Å². The van der Waals surface area contributed by atoms with Gasteiger partial charge in [-0.05, 0) is 17.7 Å². The fraction of sp³-hybridized carbons (Fsp3) is 0.462. The maximum absolute atomic E-state index is 11.3. The molecule has 0 radical (unpaired) electrons. The third kappa shape index (κ3) is 6.22. The summed E-state index contributed by atoms with van der Waals surface area (Å²) in [5, 5.41) is 11.5. The molecule has 1 rings (SSSR count). The number of nitrogens with one attached hydrogen (secondary N) is 1. The fourth-order valence-electron chi connectivity index (χ4n) is 1.18. The smallest absolute Gasteiger partial charge is 0.258 e. The Labute approximate surface area is 108 Å². The number of ether oxygens (including phenoxy) is 2. The average molecular weight is 255 g/mol. The van der Waals surface area contributed by atoms with Crippen molar-refractivity contribution in [2.45, 2.75) is 14.0 Å². The zero-order valence-electron chi connectivity index (χ0n) is 9.81. The van der Waals surface area contributed by atoms with E-state index >= 15 is 0 Å². The highest BCUT2D eigenvalue weighted by molar-refractivity contribution is 5.77. The van der Waals surface area contributed by atoms with E-state index < -0.39 is 0 Å². The third-order valence-electron chi connectivity index (χ3n) is 2.10. The van der Waals surface area contributed by atoms with Crippen LogP contribution in [0.5, 0.6) is 5.75 Å². The number of benzene rings is 1. The normalized spacial score (nSPS) is 9.44. The highest BCUT2D eigenvalue weighted by Gasteiger charge is 2.01. The lowest BCUT2D eigenvalue weighted by Crippen LogP contribution is -2.31. The topological polar surface area (TPSA) is 67.8 Å². The van der Waals surface area contributed by atoms with Crippen molar-refractivity contribution in [3.05, 3.63) is 29.8 Å². The standard InChI is InChI=1S/C12H17NO4.CH4/c1-16-7-6-13-12(15)9-17-11-4-2-10(8-14)3-5-11;/h2-5,14H,6-9H2,1H3,(H,13,15);1H4. The van der Waals surface area contributed by atoms with Gasteiger partial charge in [0.15, 0.2) is 6.61 Å². The number of methoxy groups -OCH3 is 1. The molecule has 1 aromatic rings. The van der Waals surface area contributed by atoms with Gasteiger partial charge in [0, 0.05) is 13.7 Å². The molecule has 102 valence electrons. The molecule has 0 aliphatic heterocycles. The Morgan fingerprint density at radius 1 is 1.33 bits per heavy atom. The van der Waals surface area contributed by atoms with Gasteiger partial charge in [-0.2, -0.15) is 0 Å². The molecule has 0 saturated carbocycles. The van der Waals surface area contributed by atoms with Crippen molar-refractivity contribution in [1.82, 2.24) is 5.32 Å². The average Bonchev–Trinajstić information content (AvgIpc) is 2.37. The molecule has 0 aliphatic rings. The zero-order valence-corrected chi connectivity index (χ0v) is 9.81. The molecule has 0 atom stereocenters. The number of carbonyl (C=O) groups is 1. The quantitative estimate of drug-likeness (QED) is 0.712. The number of hydrogen-bond acceptors (Lipinski definition) is 4. The number of aliphatic hydroxyl groups is 1. The van der Waals surface area contributed by atoms with Crippen LogP contribution in [0.3, 0.4) is 0 Å². The number of hydrogen-bond donors (Lipinski definition) is 2. The molecule has 1 amide bonds. The maximum atomic E-state index is 11.3. The van der Waals surface area contributed by atoms with Crippen molar-refractivity contribution in [3.63, 3.8) is 0 Å². The molecule has 5 heteroatoms. The van der Waals surface area contributed by atoms with Crippen LogP contribution >= 0.6 is 0 Å². The van der Waals surface area contributed by atoms with Gasteiger partial charge < -0.3 is 19.9 Å². The van der Waals surface area contributed by atoms with Gasteiger partial charge in [-0.25, -0.2) is 0 Å². The summed E-state index contributed by atoms with van der Waals surface area (Å²) in [6.45, 7) is 0.930. The molecule has 5 nitrogen and oxygen atoms in total. The molecule has 0 fully saturated rings. The Hall–Kier alpha value is -1.59. The first-order chi connectivity index (χ1) is 8.26. The summed E-state index contributed by atoms with van der Waals surface area (Å²) in [6, 6.07) is 6.93. The fourth-order valence-corrected chi connectivity index (χ4v) is 1.18. The summed E-state index contributed by atoms with van der Waals surface area (Å²) < 4.78 is 10.1. The minimum atomic E-state index is -0.187. The van der Waals surface area contributed by atoms with Gasteiger partial charge in [0.2, 0.25) is 0 Å². The van der Waals surface area contributed by atoms with E-state index in [1.807, 2.05) is 0 Å². The molecule has 2 N–H and O–H groups in total. The van der Waals surface area contributed by atoms with Crippen LogP contribution < -0.4 is 10.1 Å². The van der Waals surface area contributed by atoms with E-state index in [1.54, 1.807) is 31.4 Å². The Morgan fingerprint density at radius 2 is 2.00 bits per heavy atom. The van der Waals surface area contributed by atoms with Crippen LogP contribution in [-0.4, -0.2) is 37.9 Å². The summed E-state index contributed by atoms with van der Waals surface area (Å²) in [6.07, 6.45) is 0. The minimum absolute atomic E-state index is 0. The lowest BCUT2D eigenvalue weighted by molar-refractivity contribution is -0.123. The molecule has 0 unspecified atom stereocenters. The Kier molecular flexibility index (Phi) is 8.61. The monoisotopic (exact) mass is 255 g/mol. The van der Waals surface area contributed by atoms with Crippen LogP contribution in [0.15, 0.2) is 24.3 Å². The second-order valence-corrected chi connectivity index (χ2v) is 3.43. The molecule has 0 aromatic heterocycles. The van der Waals surface area contributed by atoms with Crippen molar-refractivity contribution >= 4 is 5.91 Å². The lowest BCUT2D eigenvalue weighted by atomic mass is 10.2. The Balaban J connectivity index is 0.00000289. The maximum Gasteiger partial charge on any atom is 0.258 e. The van der Waals surface area contributed by atoms with E-state index in [2.05, 4.69) is 5.32 Å². The molecule has 0 aliphatic carbocycles. The summed E-state index contributed by atoms with van der Waals surface area (Å²) in [4.78, 5) is 11.3.